The topological polar surface area (TPSA) is 268 Å². The molecule has 0 aromatic carbocycles. The van der Waals surface area contributed by atoms with E-state index in [0.717, 1.165) is 96.3 Å². The zero-order valence-corrected chi connectivity index (χ0v) is 58.7. The lowest BCUT2D eigenvalue weighted by Gasteiger charge is -2.47. The van der Waals surface area contributed by atoms with Gasteiger partial charge in [-0.05, 0) is 44.9 Å². The van der Waals surface area contributed by atoms with Crippen LogP contribution in [0.2, 0.25) is 0 Å². The van der Waals surface area contributed by atoms with E-state index in [4.69, 9.17) is 42.4 Å². The van der Waals surface area contributed by atoms with Gasteiger partial charge in [0.05, 0.1) is 24.9 Å². The predicted molar refractivity (Wildman–Crippen MR) is 356 cm³/mol. The fraction of sp³-hybridized carbons (Fsp3) is 0.971. The van der Waals surface area contributed by atoms with Crippen molar-refractivity contribution in [1.29, 1.82) is 0 Å². The van der Waals surface area contributed by atoms with E-state index in [1.165, 1.54) is 155 Å². The number of hydrogen-bond donors (Lipinski definition) is 7. The van der Waals surface area contributed by atoms with E-state index in [-0.39, 0.29) is 38.8 Å². The third-order valence-electron chi connectivity index (χ3n) is 17.9. The molecule has 0 unspecified atom stereocenters. The molecule has 2 aliphatic heterocycles. The summed E-state index contributed by atoms with van der Waals surface area (Å²) in [5.41, 5.74) is 0. The largest absolute Gasteiger partial charge is 0.480 e. The molecule has 1 amide bonds. The quantitative estimate of drug-likeness (QED) is 0.0220. The molecule has 0 spiro atoms. The van der Waals surface area contributed by atoms with E-state index in [9.17, 15) is 44.4 Å². The van der Waals surface area contributed by atoms with Gasteiger partial charge in [0.25, 0.3) is 0 Å². The SMILES string of the molecule is CCCCCCCCCCCCO[C@H](CCCCCCCCCCC)CCO[C@@H]1[C@@H](NC(C)=O)[C@H](OC[C@H]2O[C@H](OCC(=O)O)[C@H](OCC[C@H](O)CCCCCCCCCCC)[C@@H](OCC[C@H](O)CCCCCCCCCCC)[C@@H]2O)O[C@H](CF)[C@@H]1OP(=O)(O)O. The number of carboxylic acid groups (broad SMARTS) is 1. The smallest absolute Gasteiger partial charge is 0.470 e. The maximum Gasteiger partial charge on any atom is 0.470 e. The van der Waals surface area contributed by atoms with Gasteiger partial charge in [-0.3, -0.25) is 9.32 Å². The number of ether oxygens (including phenoxy) is 8. The highest BCUT2D eigenvalue weighted by molar-refractivity contribution is 7.46. The Morgan fingerprint density at radius 3 is 1.30 bits per heavy atom. The van der Waals surface area contributed by atoms with Crippen molar-refractivity contribution in [3.63, 3.8) is 0 Å². The number of hydrogen-bond acceptors (Lipinski definition) is 15. The maximum atomic E-state index is 15.3. The first-order chi connectivity index (χ1) is 44.1. The van der Waals surface area contributed by atoms with Crippen molar-refractivity contribution in [1.82, 2.24) is 5.32 Å². The van der Waals surface area contributed by atoms with Crippen LogP contribution in [-0.4, -0.2) is 168 Å². The van der Waals surface area contributed by atoms with Crippen LogP contribution in [-0.2, 0) is 56.6 Å². The Bertz CT molecular complexity index is 1740. The second-order valence-electron chi connectivity index (χ2n) is 26.3. The molecule has 13 atom stereocenters. The molecule has 2 saturated heterocycles. The molecule has 2 rings (SSSR count). The monoisotopic (exact) mass is 1330 g/mol. The Kier molecular flexibility index (Phi) is 53.2. The van der Waals surface area contributed by atoms with Crippen LogP contribution < -0.4 is 5.32 Å². The number of aliphatic hydroxyl groups excluding tert-OH is 3. The molecule has 91 heavy (non-hydrogen) atoms. The lowest BCUT2D eigenvalue weighted by Crippen LogP contribution is -2.66. The number of phosphoric acid groups is 1. The van der Waals surface area contributed by atoms with Crippen LogP contribution >= 0.6 is 7.82 Å². The van der Waals surface area contributed by atoms with Crippen LogP contribution in [0, 0.1) is 0 Å². The van der Waals surface area contributed by atoms with Crippen molar-refractivity contribution in [2.45, 2.75) is 390 Å². The van der Waals surface area contributed by atoms with Gasteiger partial charge < -0.3 is 73.4 Å². The molecular weight excluding hydrogens is 1190 g/mol. The number of halogens is 1. The molecule has 2 fully saturated rings. The molecule has 7 N–H and O–H groups in total. The number of carbonyl (C=O) groups is 2. The molecule has 19 nitrogen and oxygen atoms in total. The molecule has 0 aromatic rings. The third kappa shape index (κ3) is 43.4. The lowest BCUT2D eigenvalue weighted by molar-refractivity contribution is -0.330. The molecule has 2 heterocycles. The average Bonchev–Trinajstić information content (AvgIpc) is 0.844. The zero-order valence-electron chi connectivity index (χ0n) is 57.8. The van der Waals surface area contributed by atoms with E-state index >= 15 is 4.39 Å². The third-order valence-corrected chi connectivity index (χ3v) is 18.4. The van der Waals surface area contributed by atoms with Crippen molar-refractivity contribution in [3.05, 3.63) is 0 Å². The number of carbonyl (C=O) groups excluding carboxylic acids is 1. The average molecular weight is 1330 g/mol. The highest BCUT2D eigenvalue weighted by atomic mass is 31.2. The number of unbranched alkanes of at least 4 members (excludes halogenated alkanes) is 33. The van der Waals surface area contributed by atoms with Gasteiger partial charge in [0.1, 0.15) is 62.1 Å². The highest BCUT2D eigenvalue weighted by Gasteiger charge is 2.53. The van der Waals surface area contributed by atoms with E-state index < -0.39 is 113 Å². The van der Waals surface area contributed by atoms with E-state index in [1.807, 2.05) is 0 Å². The molecule has 0 radical (unpaired) electrons. The minimum absolute atomic E-state index is 0.0157. The second-order valence-corrected chi connectivity index (χ2v) is 27.5. The second kappa shape index (κ2) is 56.5. The number of carboxylic acids is 1. The summed E-state index contributed by atoms with van der Waals surface area (Å²) in [4.78, 5) is 45.4. The normalized spacial score (nSPS) is 23.2. The maximum absolute atomic E-state index is 15.3. The molecule has 2 aliphatic rings. The van der Waals surface area contributed by atoms with Crippen LogP contribution in [0.3, 0.4) is 0 Å². The summed E-state index contributed by atoms with van der Waals surface area (Å²) in [5, 5.41) is 46.8. The lowest BCUT2D eigenvalue weighted by atomic mass is 9.96. The standard InChI is InChI=1S/C70H135FNO18P/c1-6-10-14-18-22-26-30-34-38-42-49-82-59(45-41-37-33-29-25-21-17-13-9-4)48-52-83-66-63(72-56(5)73)69(88-60(53-71)65(66)90-91(79,80)81)86-54-61-64(78)67(84-50-46-57(74)43-39-35-31-27-23-19-15-11-7-2)68(70(89-61)87-55-62(76)77)85-51-47-58(75)44-40-36-32-28-24-20-16-12-8-3/h57-61,63-70,74-75,78H,6-55H2,1-5H3,(H,72,73)(H,76,77)(H2,79,80,81)/t57-,58-,59-,60-,61-,63-,64-,65+,66-,67+,68-,69-,70+/m1/s1. The summed E-state index contributed by atoms with van der Waals surface area (Å²) in [6, 6.07) is -1.36. The fourth-order valence-corrected chi connectivity index (χ4v) is 13.0. The minimum Gasteiger partial charge on any atom is -0.480 e. The summed E-state index contributed by atoms with van der Waals surface area (Å²) in [6.07, 6.45) is 30.7. The highest BCUT2D eigenvalue weighted by Crippen LogP contribution is 2.43. The number of phosphoric ester groups is 1. The van der Waals surface area contributed by atoms with Gasteiger partial charge in [0.2, 0.25) is 5.91 Å². The van der Waals surface area contributed by atoms with Crippen molar-refractivity contribution >= 4 is 19.7 Å². The van der Waals surface area contributed by atoms with Crippen LogP contribution in [0.25, 0.3) is 0 Å². The zero-order chi connectivity index (χ0) is 66.6. The van der Waals surface area contributed by atoms with Gasteiger partial charge in [-0.15, -0.1) is 0 Å². The molecule has 21 heteroatoms. The van der Waals surface area contributed by atoms with Crippen LogP contribution in [0.4, 0.5) is 4.39 Å². The van der Waals surface area contributed by atoms with Gasteiger partial charge in [0.15, 0.2) is 12.6 Å². The Labute approximate surface area is 550 Å². The summed E-state index contributed by atoms with van der Waals surface area (Å²) in [5.74, 6) is -1.91. The van der Waals surface area contributed by atoms with Crippen LogP contribution in [0.15, 0.2) is 0 Å². The molecular formula is C70H135FNO18P. The van der Waals surface area contributed by atoms with Crippen molar-refractivity contribution in [2.24, 2.45) is 0 Å². The van der Waals surface area contributed by atoms with E-state index in [1.54, 1.807) is 0 Å². The minimum atomic E-state index is -5.33. The number of alkyl halides is 1. The molecule has 0 aromatic heterocycles. The predicted octanol–water partition coefficient (Wildman–Crippen LogP) is 15.0. The molecule has 0 aliphatic carbocycles. The van der Waals surface area contributed by atoms with Crippen LogP contribution in [0.5, 0.6) is 0 Å². The van der Waals surface area contributed by atoms with Crippen LogP contribution in [0.1, 0.15) is 311 Å². The van der Waals surface area contributed by atoms with Crippen molar-refractivity contribution in [2.75, 3.05) is 46.3 Å². The van der Waals surface area contributed by atoms with Gasteiger partial charge in [-0.2, -0.15) is 0 Å². The van der Waals surface area contributed by atoms with E-state index in [0.29, 0.717) is 25.9 Å². The number of nitrogens with one attached hydrogen (secondary N) is 1. The van der Waals surface area contributed by atoms with Crippen molar-refractivity contribution < 1.29 is 91.2 Å². The number of aliphatic carboxylic acids is 1. The first kappa shape index (κ1) is 85.6. The Balaban J connectivity index is 2.35. The first-order valence-corrected chi connectivity index (χ1v) is 38.4. The number of rotatable bonds is 64. The van der Waals surface area contributed by atoms with Gasteiger partial charge >= 0.3 is 13.8 Å². The van der Waals surface area contributed by atoms with Crippen molar-refractivity contribution in [3.8, 4) is 0 Å². The number of amides is 1. The van der Waals surface area contributed by atoms with Gasteiger partial charge in [0, 0.05) is 33.4 Å². The first-order valence-electron chi connectivity index (χ1n) is 36.9. The Hall–Kier alpha value is -1.46. The van der Waals surface area contributed by atoms with Gasteiger partial charge in [-0.25, -0.2) is 13.8 Å². The molecule has 540 valence electrons. The summed E-state index contributed by atoms with van der Waals surface area (Å²) >= 11 is 0. The summed E-state index contributed by atoms with van der Waals surface area (Å²) < 4.78 is 83.2. The summed E-state index contributed by atoms with van der Waals surface area (Å²) in [6.45, 7) is 7.90. The molecule has 0 bridgehead atoms. The van der Waals surface area contributed by atoms with E-state index in [2.05, 4.69) is 33.0 Å². The fourth-order valence-electron chi connectivity index (χ4n) is 12.4. The summed E-state index contributed by atoms with van der Waals surface area (Å²) in [7, 11) is -5.33. The number of aliphatic hydroxyl groups is 3. The Morgan fingerprint density at radius 1 is 0.473 bits per heavy atom. The van der Waals surface area contributed by atoms with Gasteiger partial charge in [-0.1, -0.05) is 259 Å². The Morgan fingerprint density at radius 2 is 0.868 bits per heavy atom. The molecule has 0 saturated carbocycles.